The number of allylic oxidation sites excluding steroid dienone is 4. The molecule has 0 bridgehead atoms. The van der Waals surface area contributed by atoms with Crippen molar-refractivity contribution in [3.63, 3.8) is 0 Å². The maximum Gasteiger partial charge on any atom is -0.0233 e. The Morgan fingerprint density at radius 3 is 2.04 bits per heavy atom. The van der Waals surface area contributed by atoms with Crippen LogP contribution in [0.4, 0.5) is 0 Å². The minimum Gasteiger partial charge on any atom is -0.0985 e. The van der Waals surface area contributed by atoms with E-state index < -0.39 is 0 Å². The van der Waals surface area contributed by atoms with Gasteiger partial charge in [0.05, 0.1) is 0 Å². The zero-order chi connectivity index (χ0) is 20.8. The summed E-state index contributed by atoms with van der Waals surface area (Å²) in [5, 5.41) is 0. The highest BCUT2D eigenvalue weighted by Gasteiger charge is 1.92. The molecule has 0 aromatic heterocycles. The van der Waals surface area contributed by atoms with Gasteiger partial charge in [0, 0.05) is 0 Å². The van der Waals surface area contributed by atoms with Crippen LogP contribution in [0, 0.1) is 6.92 Å². The number of aryl methyl sites for hydroxylation is 1. The lowest BCUT2D eigenvalue weighted by Crippen LogP contribution is -1.81. The quantitative estimate of drug-likeness (QED) is 0.268. The van der Waals surface area contributed by atoms with Gasteiger partial charge < -0.3 is 0 Å². The van der Waals surface area contributed by atoms with Crippen LogP contribution >= 0.6 is 0 Å². The molecule has 0 heteroatoms. The van der Waals surface area contributed by atoms with Gasteiger partial charge in [-0.05, 0) is 44.2 Å². The molecule has 0 spiro atoms. The van der Waals surface area contributed by atoms with E-state index in [0.29, 0.717) is 0 Å². The van der Waals surface area contributed by atoms with Crippen LogP contribution < -0.4 is 0 Å². The third kappa shape index (κ3) is 19.0. The summed E-state index contributed by atoms with van der Waals surface area (Å²) in [6, 6.07) is 8.19. The summed E-state index contributed by atoms with van der Waals surface area (Å²) in [6.07, 6.45) is 20.8. The molecule has 27 heavy (non-hydrogen) atoms. The summed E-state index contributed by atoms with van der Waals surface area (Å²) >= 11 is 0. The van der Waals surface area contributed by atoms with E-state index in [0.717, 1.165) is 6.42 Å². The van der Waals surface area contributed by atoms with Gasteiger partial charge >= 0.3 is 0 Å². The van der Waals surface area contributed by atoms with Gasteiger partial charge in [0.2, 0.25) is 0 Å². The van der Waals surface area contributed by atoms with Crippen molar-refractivity contribution >= 4 is 6.08 Å². The summed E-state index contributed by atoms with van der Waals surface area (Å²) in [7, 11) is 0. The average molecular weight is 371 g/mol. The van der Waals surface area contributed by atoms with E-state index in [9.17, 15) is 0 Å². The van der Waals surface area contributed by atoms with Gasteiger partial charge in [0.25, 0.3) is 0 Å². The molecule has 0 aliphatic carbocycles. The lowest BCUT2D eigenvalue weighted by molar-refractivity contribution is 0.588. The van der Waals surface area contributed by atoms with Gasteiger partial charge in [0.15, 0.2) is 0 Å². The zero-order valence-corrected chi connectivity index (χ0v) is 19.2. The SMILES string of the molecule is C=Cc1ccccc1C.CC.CC/C=C\C=C(\C)CCCCCCCCC. The molecule has 0 fully saturated rings. The molecule has 0 nitrogen and oxygen atoms in total. The minimum absolute atomic E-state index is 1.14. The number of hydrogen-bond acceptors (Lipinski definition) is 0. The topological polar surface area (TPSA) is 0 Å². The zero-order valence-electron chi connectivity index (χ0n) is 19.2. The molecule has 0 saturated carbocycles. The highest BCUT2D eigenvalue weighted by molar-refractivity contribution is 5.50. The van der Waals surface area contributed by atoms with E-state index >= 15 is 0 Å². The summed E-state index contributed by atoms with van der Waals surface area (Å²) in [5.41, 5.74) is 4.03. The van der Waals surface area contributed by atoms with Gasteiger partial charge in [0.1, 0.15) is 0 Å². The molecule has 0 radical (unpaired) electrons. The van der Waals surface area contributed by atoms with Crippen LogP contribution in [0.2, 0.25) is 0 Å². The maximum absolute atomic E-state index is 3.69. The molecule has 1 aromatic rings. The predicted octanol–water partition coefficient (Wildman–Crippen LogP) is 9.70. The van der Waals surface area contributed by atoms with Crippen LogP contribution in [0.25, 0.3) is 6.08 Å². The van der Waals surface area contributed by atoms with E-state index in [-0.39, 0.29) is 0 Å². The van der Waals surface area contributed by atoms with Gasteiger partial charge in [-0.2, -0.15) is 0 Å². The second kappa shape index (κ2) is 22.5. The lowest BCUT2D eigenvalue weighted by atomic mass is 10.1. The lowest BCUT2D eigenvalue weighted by Gasteiger charge is -2.01. The van der Waals surface area contributed by atoms with E-state index in [2.05, 4.69) is 64.6 Å². The Bertz CT molecular complexity index is 491. The Labute approximate surface area is 171 Å². The van der Waals surface area contributed by atoms with Crippen molar-refractivity contribution in [2.75, 3.05) is 0 Å². The Hall–Kier alpha value is -1.56. The van der Waals surface area contributed by atoms with Crippen LogP contribution in [0.3, 0.4) is 0 Å². The van der Waals surface area contributed by atoms with Crippen molar-refractivity contribution in [3.05, 3.63) is 65.8 Å². The number of benzene rings is 1. The van der Waals surface area contributed by atoms with Crippen LogP contribution in [0.5, 0.6) is 0 Å². The summed E-state index contributed by atoms with van der Waals surface area (Å²) < 4.78 is 0. The first-order valence-electron chi connectivity index (χ1n) is 11.2. The molecule has 0 N–H and O–H groups in total. The smallest absolute Gasteiger partial charge is 0.0233 e. The third-order valence-electron chi connectivity index (χ3n) is 4.34. The molecule has 0 unspecified atom stereocenters. The summed E-state index contributed by atoms with van der Waals surface area (Å²) in [5.74, 6) is 0. The maximum atomic E-state index is 3.69. The fraction of sp³-hybridized carbons (Fsp3) is 0.556. The molecule has 0 atom stereocenters. The van der Waals surface area contributed by atoms with Crippen LogP contribution in [-0.2, 0) is 0 Å². The van der Waals surface area contributed by atoms with E-state index in [1.165, 1.54) is 68.1 Å². The fourth-order valence-corrected chi connectivity index (χ4v) is 2.63. The first-order chi connectivity index (χ1) is 13.2. The molecule has 0 amide bonds. The van der Waals surface area contributed by atoms with Gasteiger partial charge in [-0.1, -0.05) is 127 Å². The van der Waals surface area contributed by atoms with Crippen LogP contribution in [0.15, 0.2) is 54.6 Å². The Morgan fingerprint density at radius 1 is 0.926 bits per heavy atom. The van der Waals surface area contributed by atoms with Crippen molar-refractivity contribution in [2.24, 2.45) is 0 Å². The first-order valence-corrected chi connectivity index (χ1v) is 11.2. The van der Waals surface area contributed by atoms with Gasteiger partial charge in [-0.3, -0.25) is 0 Å². The largest absolute Gasteiger partial charge is 0.0985 e. The normalized spacial score (nSPS) is 10.7. The van der Waals surface area contributed by atoms with E-state index in [1.807, 2.05) is 32.1 Å². The van der Waals surface area contributed by atoms with Gasteiger partial charge in [-0.25, -0.2) is 0 Å². The average Bonchev–Trinajstić information content (AvgIpc) is 2.70. The van der Waals surface area contributed by atoms with Crippen molar-refractivity contribution in [1.82, 2.24) is 0 Å². The van der Waals surface area contributed by atoms with Crippen molar-refractivity contribution in [1.29, 1.82) is 0 Å². The van der Waals surface area contributed by atoms with Crippen molar-refractivity contribution in [2.45, 2.75) is 99.3 Å². The molecule has 1 rings (SSSR count). The van der Waals surface area contributed by atoms with Crippen LogP contribution in [-0.4, -0.2) is 0 Å². The fourth-order valence-electron chi connectivity index (χ4n) is 2.63. The minimum atomic E-state index is 1.14. The second-order valence-corrected chi connectivity index (χ2v) is 6.78. The Balaban J connectivity index is 0. The monoisotopic (exact) mass is 370 g/mol. The van der Waals surface area contributed by atoms with E-state index in [1.54, 1.807) is 0 Å². The Kier molecular flexibility index (Phi) is 23.0. The highest BCUT2D eigenvalue weighted by atomic mass is 14.0. The third-order valence-corrected chi connectivity index (χ3v) is 4.34. The Morgan fingerprint density at radius 2 is 1.52 bits per heavy atom. The number of hydrogen-bond donors (Lipinski definition) is 0. The second-order valence-electron chi connectivity index (χ2n) is 6.78. The summed E-state index contributed by atoms with van der Waals surface area (Å²) in [4.78, 5) is 0. The molecule has 0 aliphatic rings. The van der Waals surface area contributed by atoms with Gasteiger partial charge in [-0.15, -0.1) is 0 Å². The molecule has 0 aliphatic heterocycles. The summed E-state index contributed by atoms with van der Waals surface area (Å²) in [6.45, 7) is 16.5. The predicted molar refractivity (Wildman–Crippen MR) is 128 cm³/mol. The van der Waals surface area contributed by atoms with E-state index in [4.69, 9.17) is 0 Å². The number of unbranched alkanes of at least 4 members (excludes halogenated alkanes) is 6. The molecular formula is C27H46. The number of rotatable bonds is 11. The standard InChI is InChI=1S/C16H30.C9H10.C2H6/c1-4-6-8-9-10-11-13-15-16(3)14-12-7-5-2;1-3-9-7-5-4-6-8(9)2;1-2/h7,12,14H,4-6,8-11,13,15H2,1-3H3;3-7H,1H2,2H3;1-2H3/b12-7-,16-14-;;. The molecular weight excluding hydrogens is 324 g/mol. The van der Waals surface area contributed by atoms with Crippen molar-refractivity contribution < 1.29 is 0 Å². The molecule has 154 valence electrons. The molecule has 0 heterocycles. The molecule has 1 aromatic carbocycles. The van der Waals surface area contributed by atoms with Crippen molar-refractivity contribution in [3.8, 4) is 0 Å². The molecule has 0 saturated heterocycles. The van der Waals surface area contributed by atoms with Crippen LogP contribution in [0.1, 0.15) is 104 Å². The first kappa shape index (κ1) is 27.7. The highest BCUT2D eigenvalue weighted by Crippen LogP contribution is 2.12.